The highest BCUT2D eigenvalue weighted by Gasteiger charge is 2.07. The Kier molecular flexibility index (Phi) is 2.68. The maximum absolute atomic E-state index is 5.57. The highest BCUT2D eigenvalue weighted by molar-refractivity contribution is 5.47. The molecule has 4 nitrogen and oxygen atoms in total. The molecular formula is C11H16N4. The van der Waals surface area contributed by atoms with E-state index in [0.29, 0.717) is 12.5 Å². The van der Waals surface area contributed by atoms with Crippen molar-refractivity contribution in [2.45, 2.75) is 26.8 Å². The maximum Gasteiger partial charge on any atom is 0.143 e. The third-order valence-electron chi connectivity index (χ3n) is 2.33. The number of rotatable bonds is 3. The van der Waals surface area contributed by atoms with E-state index in [4.69, 9.17) is 5.73 Å². The van der Waals surface area contributed by atoms with Crippen molar-refractivity contribution in [2.75, 3.05) is 0 Å². The van der Waals surface area contributed by atoms with E-state index < -0.39 is 0 Å². The minimum Gasteiger partial charge on any atom is -0.325 e. The van der Waals surface area contributed by atoms with E-state index in [1.807, 2.05) is 16.8 Å². The molecule has 0 unspecified atom stereocenters. The van der Waals surface area contributed by atoms with Crippen molar-refractivity contribution in [1.29, 1.82) is 0 Å². The van der Waals surface area contributed by atoms with Crippen LogP contribution in [0.5, 0.6) is 0 Å². The molecule has 0 bridgehead atoms. The van der Waals surface area contributed by atoms with Crippen LogP contribution >= 0.6 is 0 Å². The number of fused-ring (bicyclic) bond motifs is 1. The average Bonchev–Trinajstić information content (AvgIpc) is 2.61. The molecule has 15 heavy (non-hydrogen) atoms. The lowest BCUT2D eigenvalue weighted by atomic mass is 10.1. The summed E-state index contributed by atoms with van der Waals surface area (Å²) in [5.74, 6) is 0.607. The predicted octanol–water partition coefficient (Wildman–Crippen LogP) is 1.39. The summed E-state index contributed by atoms with van der Waals surface area (Å²) in [6, 6.07) is 0. The molecular weight excluding hydrogens is 188 g/mol. The van der Waals surface area contributed by atoms with Gasteiger partial charge < -0.3 is 5.73 Å². The van der Waals surface area contributed by atoms with E-state index in [1.54, 1.807) is 6.33 Å². The number of hydrogen-bond donors (Lipinski definition) is 1. The molecule has 0 saturated carbocycles. The summed E-state index contributed by atoms with van der Waals surface area (Å²) >= 11 is 0. The largest absolute Gasteiger partial charge is 0.325 e. The lowest BCUT2D eigenvalue weighted by Crippen LogP contribution is -1.99. The first kappa shape index (κ1) is 10.1. The first-order chi connectivity index (χ1) is 7.20. The van der Waals surface area contributed by atoms with E-state index in [0.717, 1.165) is 17.8 Å². The molecule has 0 aliphatic heterocycles. The molecule has 2 aromatic rings. The lowest BCUT2D eigenvalue weighted by Gasteiger charge is -2.04. The van der Waals surface area contributed by atoms with Crippen molar-refractivity contribution in [3.63, 3.8) is 0 Å². The molecule has 0 aliphatic carbocycles. The Labute approximate surface area is 89.2 Å². The minimum atomic E-state index is 0.475. The van der Waals surface area contributed by atoms with Crippen molar-refractivity contribution >= 4 is 5.65 Å². The summed E-state index contributed by atoms with van der Waals surface area (Å²) in [5.41, 5.74) is 8.65. The number of nitrogens with two attached hydrogens (primary N) is 1. The van der Waals surface area contributed by atoms with Crippen LogP contribution in [0.3, 0.4) is 0 Å². The van der Waals surface area contributed by atoms with Gasteiger partial charge >= 0.3 is 0 Å². The van der Waals surface area contributed by atoms with Gasteiger partial charge in [0.05, 0.1) is 5.69 Å². The second-order valence-electron chi connectivity index (χ2n) is 4.18. The summed E-state index contributed by atoms with van der Waals surface area (Å²) in [5, 5.41) is 0. The smallest absolute Gasteiger partial charge is 0.143 e. The van der Waals surface area contributed by atoms with Crippen LogP contribution in [0, 0.1) is 5.92 Å². The molecule has 0 amide bonds. The van der Waals surface area contributed by atoms with Crippen LogP contribution < -0.4 is 5.73 Å². The summed E-state index contributed by atoms with van der Waals surface area (Å²) < 4.78 is 1.94. The average molecular weight is 204 g/mol. The van der Waals surface area contributed by atoms with Crippen LogP contribution in [0.25, 0.3) is 5.65 Å². The zero-order valence-corrected chi connectivity index (χ0v) is 9.14. The van der Waals surface area contributed by atoms with Gasteiger partial charge in [-0.3, -0.25) is 4.40 Å². The van der Waals surface area contributed by atoms with Gasteiger partial charge in [-0.25, -0.2) is 9.97 Å². The zero-order valence-electron chi connectivity index (χ0n) is 9.14. The SMILES string of the molecule is CC(C)Cc1cncn2cc(CN)nc12. The van der Waals surface area contributed by atoms with Gasteiger partial charge in [-0.05, 0) is 12.3 Å². The summed E-state index contributed by atoms with van der Waals surface area (Å²) in [6.45, 7) is 4.86. The Morgan fingerprint density at radius 2 is 2.27 bits per heavy atom. The quantitative estimate of drug-likeness (QED) is 0.822. The number of hydrogen-bond acceptors (Lipinski definition) is 3. The van der Waals surface area contributed by atoms with Crippen LogP contribution in [0.15, 0.2) is 18.7 Å². The van der Waals surface area contributed by atoms with E-state index >= 15 is 0 Å². The predicted molar refractivity (Wildman–Crippen MR) is 59.4 cm³/mol. The van der Waals surface area contributed by atoms with Gasteiger partial charge in [0.25, 0.3) is 0 Å². The maximum atomic E-state index is 5.57. The highest BCUT2D eigenvalue weighted by Crippen LogP contribution is 2.13. The van der Waals surface area contributed by atoms with E-state index in [-0.39, 0.29) is 0 Å². The summed E-state index contributed by atoms with van der Waals surface area (Å²) in [6.07, 6.45) is 6.60. The Balaban J connectivity index is 2.49. The van der Waals surface area contributed by atoms with Gasteiger partial charge in [0.15, 0.2) is 0 Å². The zero-order chi connectivity index (χ0) is 10.8. The molecule has 2 heterocycles. The molecule has 0 saturated heterocycles. The summed E-state index contributed by atoms with van der Waals surface area (Å²) in [4.78, 5) is 8.68. The standard InChI is InChI=1S/C11H16N4/c1-8(2)3-9-5-13-7-15-6-10(4-12)14-11(9)15/h5-8H,3-4,12H2,1-2H3. The van der Waals surface area contributed by atoms with Crippen molar-refractivity contribution in [2.24, 2.45) is 11.7 Å². The van der Waals surface area contributed by atoms with Crippen LogP contribution in [0.2, 0.25) is 0 Å². The van der Waals surface area contributed by atoms with Gasteiger partial charge in [-0.15, -0.1) is 0 Å². The first-order valence-electron chi connectivity index (χ1n) is 5.21. The Morgan fingerprint density at radius 3 is 2.93 bits per heavy atom. The third-order valence-corrected chi connectivity index (χ3v) is 2.33. The van der Waals surface area contributed by atoms with Crippen molar-refractivity contribution in [3.05, 3.63) is 30.0 Å². The van der Waals surface area contributed by atoms with Crippen molar-refractivity contribution in [1.82, 2.24) is 14.4 Å². The lowest BCUT2D eigenvalue weighted by molar-refractivity contribution is 0.645. The van der Waals surface area contributed by atoms with E-state index in [2.05, 4.69) is 23.8 Å². The fourth-order valence-electron chi connectivity index (χ4n) is 1.70. The molecule has 80 valence electrons. The topological polar surface area (TPSA) is 56.2 Å². The Morgan fingerprint density at radius 1 is 1.47 bits per heavy atom. The van der Waals surface area contributed by atoms with Crippen LogP contribution in [-0.4, -0.2) is 14.4 Å². The molecule has 0 spiro atoms. The third kappa shape index (κ3) is 1.99. The number of nitrogens with zero attached hydrogens (tertiary/aromatic N) is 3. The van der Waals surface area contributed by atoms with E-state index in [9.17, 15) is 0 Å². The van der Waals surface area contributed by atoms with Gasteiger partial charge in [-0.1, -0.05) is 13.8 Å². The van der Waals surface area contributed by atoms with Gasteiger partial charge in [0.1, 0.15) is 12.0 Å². The molecule has 2 N–H and O–H groups in total. The fraction of sp³-hybridized carbons (Fsp3) is 0.455. The Hall–Kier alpha value is -1.42. The molecule has 0 atom stereocenters. The van der Waals surface area contributed by atoms with Crippen molar-refractivity contribution in [3.8, 4) is 0 Å². The van der Waals surface area contributed by atoms with Gasteiger partial charge in [0.2, 0.25) is 0 Å². The highest BCUT2D eigenvalue weighted by atomic mass is 15.0. The molecule has 4 heteroatoms. The van der Waals surface area contributed by atoms with Gasteiger partial charge in [0, 0.05) is 24.5 Å². The molecule has 2 aromatic heterocycles. The second kappa shape index (κ2) is 3.98. The van der Waals surface area contributed by atoms with Crippen LogP contribution in [-0.2, 0) is 13.0 Å². The summed E-state index contributed by atoms with van der Waals surface area (Å²) in [7, 11) is 0. The van der Waals surface area contributed by atoms with Crippen LogP contribution in [0.1, 0.15) is 25.1 Å². The van der Waals surface area contributed by atoms with Gasteiger partial charge in [-0.2, -0.15) is 0 Å². The molecule has 0 aromatic carbocycles. The fourth-order valence-corrected chi connectivity index (χ4v) is 1.70. The van der Waals surface area contributed by atoms with Crippen molar-refractivity contribution < 1.29 is 0 Å². The number of imidazole rings is 1. The molecule has 0 fully saturated rings. The molecule has 0 radical (unpaired) electrons. The molecule has 2 rings (SSSR count). The first-order valence-corrected chi connectivity index (χ1v) is 5.21. The Bertz CT molecular complexity index is 459. The monoisotopic (exact) mass is 204 g/mol. The van der Waals surface area contributed by atoms with Crippen LogP contribution in [0.4, 0.5) is 0 Å². The second-order valence-corrected chi connectivity index (χ2v) is 4.18. The number of aromatic nitrogens is 3. The molecule has 0 aliphatic rings. The minimum absolute atomic E-state index is 0.475. The normalized spacial score (nSPS) is 11.5. The van der Waals surface area contributed by atoms with E-state index in [1.165, 1.54) is 5.56 Å².